The molecule has 0 bridgehead atoms. The van der Waals surface area contributed by atoms with Crippen LogP contribution in [0.25, 0.3) is 0 Å². The Kier molecular flexibility index (Phi) is 9.15. The largest absolute Gasteiger partial charge is 0.490 e. The number of amides is 2. The number of fused-ring (bicyclic) bond motifs is 1. The normalized spacial score (nSPS) is 24.4. The number of alkyl halides is 3. The number of carbonyl (C=O) groups is 2. The number of hydrogen-bond donors (Lipinski definition) is 2. The summed E-state index contributed by atoms with van der Waals surface area (Å²) in [4.78, 5) is 24.2. The second-order valence-electron chi connectivity index (χ2n) is 7.18. The van der Waals surface area contributed by atoms with E-state index in [1.54, 1.807) is 21.0 Å². The van der Waals surface area contributed by atoms with Crippen molar-refractivity contribution in [1.82, 2.24) is 15.1 Å². The highest BCUT2D eigenvalue weighted by molar-refractivity contribution is 7.91. The van der Waals surface area contributed by atoms with Crippen molar-refractivity contribution < 1.29 is 41.0 Å². The third-order valence-electron chi connectivity index (χ3n) is 4.84. The lowest BCUT2D eigenvalue weighted by atomic mass is 9.93. The molecule has 2 N–H and O–H groups in total. The van der Waals surface area contributed by atoms with Gasteiger partial charge in [-0.15, -0.1) is 0 Å². The number of likely N-dealkylation sites (tertiary alicyclic amines) is 1. The fourth-order valence-electron chi connectivity index (χ4n) is 3.06. The highest BCUT2D eigenvalue weighted by atomic mass is 32.2. The molecule has 0 unspecified atom stereocenters. The van der Waals surface area contributed by atoms with Crippen LogP contribution in [0.15, 0.2) is 0 Å². The fraction of sp³-hybridized carbons (Fsp3) is 0.875. The Morgan fingerprint density at radius 3 is 2.34 bits per heavy atom. The molecule has 0 aliphatic carbocycles. The van der Waals surface area contributed by atoms with Crippen LogP contribution in [0.5, 0.6) is 0 Å². The van der Waals surface area contributed by atoms with Gasteiger partial charge >= 0.3 is 18.2 Å². The Morgan fingerprint density at radius 2 is 1.86 bits per heavy atom. The van der Waals surface area contributed by atoms with E-state index in [1.165, 1.54) is 4.90 Å². The molecule has 3 atom stereocenters. The molecule has 0 aromatic carbocycles. The highest BCUT2D eigenvalue weighted by Gasteiger charge is 2.43. The zero-order valence-electron chi connectivity index (χ0n) is 16.6. The molecule has 0 aromatic heterocycles. The van der Waals surface area contributed by atoms with Crippen LogP contribution in [0, 0.1) is 11.8 Å². The van der Waals surface area contributed by atoms with Crippen LogP contribution in [0.4, 0.5) is 18.0 Å². The summed E-state index contributed by atoms with van der Waals surface area (Å²) in [6.07, 6.45) is -4.91. The van der Waals surface area contributed by atoms with Gasteiger partial charge in [0.15, 0.2) is 9.84 Å². The Labute approximate surface area is 168 Å². The van der Waals surface area contributed by atoms with Gasteiger partial charge in [0.2, 0.25) is 0 Å². The molecule has 0 saturated carbocycles. The van der Waals surface area contributed by atoms with E-state index in [1.807, 2.05) is 0 Å². The second kappa shape index (κ2) is 10.4. The smallest absolute Gasteiger partial charge is 0.475 e. The lowest BCUT2D eigenvalue weighted by Crippen LogP contribution is -2.39. The van der Waals surface area contributed by atoms with Crippen molar-refractivity contribution in [1.29, 1.82) is 0 Å². The molecule has 2 heterocycles. The predicted molar refractivity (Wildman–Crippen MR) is 98.3 cm³/mol. The Balaban J connectivity index is 0.000000516. The number of carboxylic acid groups (broad SMARTS) is 1. The van der Waals surface area contributed by atoms with E-state index in [4.69, 9.17) is 14.6 Å². The van der Waals surface area contributed by atoms with Crippen molar-refractivity contribution in [3.63, 3.8) is 0 Å². The summed E-state index contributed by atoms with van der Waals surface area (Å²) in [5.74, 6) is -1.66. The zero-order chi connectivity index (χ0) is 22.4. The lowest BCUT2D eigenvalue weighted by molar-refractivity contribution is -0.192. The standard InChI is InChI=1S/C14H27N3O4S.C2HF3O2/c1-4-22(19,20)6-5-17-8-12-11(10-21-13(12)9-17)7-15-14(18)16(2)3;3-2(4,5)1(6)7/h11-13H,4-10H2,1-3H3,(H,15,18);(H,6,7)/t11-,12+,13+;/m0./s1. The summed E-state index contributed by atoms with van der Waals surface area (Å²) in [6.45, 7) is 5.18. The number of hydrogen-bond acceptors (Lipinski definition) is 6. The van der Waals surface area contributed by atoms with Crippen LogP contribution in [-0.4, -0.2) is 106 Å². The van der Waals surface area contributed by atoms with Gasteiger partial charge in [0.1, 0.15) is 0 Å². The number of nitrogens with zero attached hydrogens (tertiary/aromatic N) is 2. The van der Waals surface area contributed by atoms with Crippen molar-refractivity contribution >= 4 is 21.8 Å². The summed E-state index contributed by atoms with van der Waals surface area (Å²) in [5.41, 5.74) is 0. The Bertz CT molecular complexity index is 671. The molecule has 0 aromatic rings. The van der Waals surface area contributed by atoms with Crippen molar-refractivity contribution in [3.05, 3.63) is 0 Å². The molecule has 2 aliphatic rings. The number of sulfone groups is 1. The van der Waals surface area contributed by atoms with Crippen LogP contribution in [0.2, 0.25) is 0 Å². The third kappa shape index (κ3) is 8.34. The predicted octanol–water partition coefficient (Wildman–Crippen LogP) is 0.272. The van der Waals surface area contributed by atoms with E-state index in [9.17, 15) is 26.4 Å². The topological polar surface area (TPSA) is 116 Å². The second-order valence-corrected chi connectivity index (χ2v) is 9.65. The summed E-state index contributed by atoms with van der Waals surface area (Å²) in [5, 5.41) is 10.0. The molecule has 9 nitrogen and oxygen atoms in total. The number of urea groups is 1. The van der Waals surface area contributed by atoms with E-state index in [2.05, 4.69) is 10.2 Å². The van der Waals surface area contributed by atoms with E-state index in [0.29, 0.717) is 31.5 Å². The first-order chi connectivity index (χ1) is 13.3. The number of carbonyl (C=O) groups excluding carboxylic acids is 1. The maximum Gasteiger partial charge on any atom is 0.490 e. The average molecular weight is 447 g/mol. The van der Waals surface area contributed by atoms with Gasteiger partial charge in [-0.2, -0.15) is 13.2 Å². The van der Waals surface area contributed by atoms with Gasteiger partial charge in [-0.05, 0) is 0 Å². The Hall–Kier alpha value is -1.60. The fourth-order valence-corrected chi connectivity index (χ4v) is 3.89. The monoisotopic (exact) mass is 447 g/mol. The molecular weight excluding hydrogens is 419 g/mol. The van der Waals surface area contributed by atoms with Crippen molar-refractivity contribution in [2.24, 2.45) is 11.8 Å². The molecule has 0 radical (unpaired) electrons. The summed E-state index contributed by atoms with van der Waals surface area (Å²) in [6, 6.07) is -0.0904. The maximum absolute atomic E-state index is 11.6. The van der Waals surface area contributed by atoms with E-state index >= 15 is 0 Å². The van der Waals surface area contributed by atoms with Gasteiger partial charge in [-0.25, -0.2) is 18.0 Å². The minimum atomic E-state index is -5.08. The van der Waals surface area contributed by atoms with Gasteiger partial charge in [0.05, 0.1) is 18.5 Å². The molecule has 170 valence electrons. The first-order valence-corrected chi connectivity index (χ1v) is 10.9. The highest BCUT2D eigenvalue weighted by Crippen LogP contribution is 2.33. The molecule has 2 aliphatic heterocycles. The molecule has 2 saturated heterocycles. The third-order valence-corrected chi connectivity index (χ3v) is 6.52. The van der Waals surface area contributed by atoms with Gasteiger partial charge < -0.3 is 20.1 Å². The number of aliphatic carboxylic acids is 1. The number of ether oxygens (including phenoxy) is 1. The number of halogens is 3. The summed E-state index contributed by atoms with van der Waals surface area (Å²) < 4.78 is 60.7. The van der Waals surface area contributed by atoms with E-state index < -0.39 is 22.0 Å². The van der Waals surface area contributed by atoms with Gasteiger partial charge in [0, 0.05) is 57.9 Å². The quantitative estimate of drug-likeness (QED) is 0.601. The first kappa shape index (κ1) is 25.4. The van der Waals surface area contributed by atoms with Gasteiger partial charge in [-0.1, -0.05) is 6.92 Å². The SMILES string of the molecule is CCS(=O)(=O)CCN1C[C@@H]2[C@@H](CNC(=O)N(C)C)CO[C@@H]2C1.O=C(O)C(F)(F)F. The van der Waals surface area contributed by atoms with Crippen LogP contribution in [0.3, 0.4) is 0 Å². The molecule has 0 spiro atoms. The minimum Gasteiger partial charge on any atom is -0.475 e. The molecule has 2 fully saturated rings. The number of carboxylic acids is 1. The van der Waals surface area contributed by atoms with Gasteiger partial charge in [-0.3, -0.25) is 4.90 Å². The van der Waals surface area contributed by atoms with Crippen molar-refractivity contribution in [2.45, 2.75) is 19.2 Å². The minimum absolute atomic E-state index is 0.0904. The molecular formula is C16H28F3N3O6S. The molecule has 13 heteroatoms. The maximum atomic E-state index is 11.6. The van der Waals surface area contributed by atoms with Crippen molar-refractivity contribution in [2.75, 3.05) is 58.4 Å². The van der Waals surface area contributed by atoms with E-state index in [-0.39, 0.29) is 23.6 Å². The van der Waals surface area contributed by atoms with Crippen LogP contribution < -0.4 is 5.32 Å². The van der Waals surface area contributed by atoms with Crippen LogP contribution >= 0.6 is 0 Å². The number of nitrogens with one attached hydrogen (secondary N) is 1. The summed E-state index contributed by atoms with van der Waals surface area (Å²) in [7, 11) is 0.514. The summed E-state index contributed by atoms with van der Waals surface area (Å²) >= 11 is 0. The van der Waals surface area contributed by atoms with E-state index in [0.717, 1.165) is 13.1 Å². The molecule has 29 heavy (non-hydrogen) atoms. The first-order valence-electron chi connectivity index (χ1n) is 9.06. The molecule has 2 rings (SSSR count). The Morgan fingerprint density at radius 1 is 1.28 bits per heavy atom. The number of rotatable bonds is 6. The zero-order valence-corrected chi connectivity index (χ0v) is 17.4. The lowest BCUT2D eigenvalue weighted by Gasteiger charge is -2.20. The average Bonchev–Trinajstić information content (AvgIpc) is 3.18. The molecule has 2 amide bonds. The van der Waals surface area contributed by atoms with Crippen LogP contribution in [-0.2, 0) is 19.4 Å². The van der Waals surface area contributed by atoms with Gasteiger partial charge in [0.25, 0.3) is 0 Å². The van der Waals surface area contributed by atoms with Crippen molar-refractivity contribution in [3.8, 4) is 0 Å². The van der Waals surface area contributed by atoms with Crippen LogP contribution in [0.1, 0.15) is 6.92 Å².